The highest BCUT2D eigenvalue weighted by Crippen LogP contribution is 2.27. The van der Waals surface area contributed by atoms with Crippen LogP contribution in [0.25, 0.3) is 0 Å². The van der Waals surface area contributed by atoms with E-state index >= 15 is 0 Å². The molecule has 2 aromatic carbocycles. The van der Waals surface area contributed by atoms with Crippen molar-refractivity contribution >= 4 is 59.0 Å². The Labute approximate surface area is 169 Å². The molecule has 0 fully saturated rings. The minimum absolute atomic E-state index is 0. The maximum atomic E-state index is 6.08. The van der Waals surface area contributed by atoms with Crippen molar-refractivity contribution in [3.8, 4) is 5.75 Å². The molecule has 1 atom stereocenters. The molecule has 0 aliphatic rings. The lowest BCUT2D eigenvalue weighted by atomic mass is 10.3. The van der Waals surface area contributed by atoms with Crippen molar-refractivity contribution in [3.05, 3.63) is 53.6 Å². The third-order valence-electron chi connectivity index (χ3n) is 3.02. The number of hydrogen-bond donors (Lipinski definition) is 2. The summed E-state index contributed by atoms with van der Waals surface area (Å²) >= 11 is 7.85. The summed E-state index contributed by atoms with van der Waals surface area (Å²) in [6.07, 6.45) is 0. The largest absolute Gasteiger partial charge is 0.495 e. The summed E-state index contributed by atoms with van der Waals surface area (Å²) in [5.41, 5.74) is 6.70. The van der Waals surface area contributed by atoms with E-state index in [-0.39, 0.29) is 24.0 Å². The third-order valence-corrected chi connectivity index (χ3v) is 4.41. The van der Waals surface area contributed by atoms with Crippen LogP contribution in [0.2, 0.25) is 5.02 Å². The highest BCUT2D eigenvalue weighted by molar-refractivity contribution is 14.0. The molecule has 7 heteroatoms. The highest BCUT2D eigenvalue weighted by Gasteiger charge is 2.05. The molecule has 4 nitrogen and oxygen atoms in total. The topological polar surface area (TPSA) is 59.6 Å². The fourth-order valence-electron chi connectivity index (χ4n) is 1.93. The number of aliphatic imine (C=N–C) groups is 1. The number of nitrogens with one attached hydrogen (secondary N) is 1. The van der Waals surface area contributed by atoms with E-state index in [4.69, 9.17) is 22.1 Å². The average molecular weight is 478 g/mol. The summed E-state index contributed by atoms with van der Waals surface area (Å²) in [6, 6.07) is 15.6. The molecule has 0 aliphatic heterocycles. The minimum Gasteiger partial charge on any atom is -0.495 e. The Hall–Kier alpha value is -1.12. The van der Waals surface area contributed by atoms with Crippen LogP contribution in [0.4, 0.5) is 5.69 Å². The summed E-state index contributed by atoms with van der Waals surface area (Å²) in [5, 5.41) is 3.89. The van der Waals surface area contributed by atoms with Crippen molar-refractivity contribution in [1.29, 1.82) is 0 Å². The number of guanidine groups is 1. The number of anilines is 1. The van der Waals surface area contributed by atoms with E-state index in [0.717, 1.165) is 5.69 Å². The minimum atomic E-state index is 0. The number of ether oxygens (including phenoxy) is 1. The zero-order valence-corrected chi connectivity index (χ0v) is 17.4. The van der Waals surface area contributed by atoms with Crippen molar-refractivity contribution in [3.63, 3.8) is 0 Å². The molecule has 2 aromatic rings. The van der Waals surface area contributed by atoms with Crippen LogP contribution in [0, 0.1) is 0 Å². The number of nitrogens with zero attached hydrogens (tertiary/aromatic N) is 1. The zero-order chi connectivity index (χ0) is 16.7. The normalized spacial score (nSPS) is 12.2. The Kier molecular flexibility index (Phi) is 9.31. The molecular weight excluding hydrogens is 457 g/mol. The number of methoxy groups -OCH3 is 1. The van der Waals surface area contributed by atoms with Gasteiger partial charge in [0.15, 0.2) is 5.96 Å². The van der Waals surface area contributed by atoms with Gasteiger partial charge in [-0.2, -0.15) is 0 Å². The lowest BCUT2D eigenvalue weighted by molar-refractivity contribution is 0.415. The van der Waals surface area contributed by atoms with Gasteiger partial charge in [0.05, 0.1) is 18.7 Å². The van der Waals surface area contributed by atoms with E-state index in [1.807, 2.05) is 24.3 Å². The van der Waals surface area contributed by atoms with E-state index < -0.39 is 0 Å². The molecule has 130 valence electrons. The molecular formula is C17H21ClIN3OS. The van der Waals surface area contributed by atoms with E-state index in [9.17, 15) is 0 Å². The van der Waals surface area contributed by atoms with Crippen molar-refractivity contribution in [1.82, 2.24) is 0 Å². The lowest BCUT2D eigenvalue weighted by Gasteiger charge is -2.11. The van der Waals surface area contributed by atoms with Crippen molar-refractivity contribution in [2.45, 2.75) is 17.1 Å². The quantitative estimate of drug-likeness (QED) is 0.270. The fourth-order valence-corrected chi connectivity index (χ4v) is 3.11. The highest BCUT2D eigenvalue weighted by atomic mass is 127. The number of halogens is 2. The Morgan fingerprint density at radius 3 is 2.62 bits per heavy atom. The van der Waals surface area contributed by atoms with Gasteiger partial charge < -0.3 is 15.8 Å². The van der Waals surface area contributed by atoms with Gasteiger partial charge in [0.1, 0.15) is 5.75 Å². The predicted molar refractivity (Wildman–Crippen MR) is 115 cm³/mol. The van der Waals surface area contributed by atoms with Gasteiger partial charge in [-0.3, -0.25) is 4.99 Å². The predicted octanol–water partition coefficient (Wildman–Crippen LogP) is 4.87. The molecule has 2 rings (SSSR count). The van der Waals surface area contributed by atoms with Gasteiger partial charge in [-0.25, -0.2) is 0 Å². The molecule has 0 aromatic heterocycles. The second-order valence-corrected chi connectivity index (χ2v) is 6.86. The summed E-state index contributed by atoms with van der Waals surface area (Å²) in [6.45, 7) is 2.75. The van der Waals surface area contributed by atoms with Crippen LogP contribution in [0.5, 0.6) is 5.75 Å². The van der Waals surface area contributed by atoms with Crippen LogP contribution in [-0.2, 0) is 0 Å². The van der Waals surface area contributed by atoms with Gasteiger partial charge in [-0.05, 0) is 30.3 Å². The number of hydrogen-bond acceptors (Lipinski definition) is 3. The molecule has 0 heterocycles. The SMILES string of the molecule is COc1ccc(NC(N)=NCC(C)Sc2ccccc2)cc1Cl.I. The Balaban J connectivity index is 0.00000288. The first-order valence-corrected chi connectivity index (χ1v) is 8.46. The fraction of sp³-hybridized carbons (Fsp3) is 0.235. The third kappa shape index (κ3) is 6.78. The van der Waals surface area contributed by atoms with Crippen LogP contribution in [0.3, 0.4) is 0 Å². The molecule has 0 aliphatic carbocycles. The number of thioether (sulfide) groups is 1. The Morgan fingerprint density at radius 2 is 2.00 bits per heavy atom. The standard InChI is InChI=1S/C17H20ClN3OS.HI/c1-12(23-14-6-4-3-5-7-14)11-20-17(19)21-13-8-9-16(22-2)15(18)10-13;/h3-10,12H,11H2,1-2H3,(H3,19,20,21);1H. The first-order valence-electron chi connectivity index (χ1n) is 7.20. The summed E-state index contributed by atoms with van der Waals surface area (Å²) in [4.78, 5) is 5.60. The molecule has 24 heavy (non-hydrogen) atoms. The molecule has 0 amide bonds. The van der Waals surface area contributed by atoms with Crippen molar-refractivity contribution in [2.24, 2.45) is 10.7 Å². The van der Waals surface area contributed by atoms with Gasteiger partial charge in [0.25, 0.3) is 0 Å². The second kappa shape index (κ2) is 10.7. The molecule has 1 unspecified atom stereocenters. The molecule has 0 saturated carbocycles. The molecule has 0 spiro atoms. The summed E-state index contributed by atoms with van der Waals surface area (Å²) in [5.74, 6) is 0.993. The van der Waals surface area contributed by atoms with Crippen LogP contribution in [0.1, 0.15) is 6.92 Å². The smallest absolute Gasteiger partial charge is 0.193 e. The van der Waals surface area contributed by atoms with Crippen LogP contribution in [0.15, 0.2) is 58.4 Å². The first kappa shape index (κ1) is 20.9. The maximum Gasteiger partial charge on any atom is 0.193 e. The summed E-state index contributed by atoms with van der Waals surface area (Å²) < 4.78 is 5.12. The van der Waals surface area contributed by atoms with E-state index in [1.165, 1.54) is 4.90 Å². The Morgan fingerprint density at radius 1 is 1.29 bits per heavy atom. The molecule has 0 radical (unpaired) electrons. The lowest BCUT2D eigenvalue weighted by Crippen LogP contribution is -2.23. The van der Waals surface area contributed by atoms with Crippen molar-refractivity contribution in [2.75, 3.05) is 19.0 Å². The van der Waals surface area contributed by atoms with E-state index in [2.05, 4.69) is 29.4 Å². The molecule has 0 bridgehead atoms. The van der Waals surface area contributed by atoms with Gasteiger partial charge in [0, 0.05) is 15.8 Å². The Bertz CT molecular complexity index is 670. The van der Waals surface area contributed by atoms with E-state index in [1.54, 1.807) is 31.0 Å². The van der Waals surface area contributed by atoms with Gasteiger partial charge >= 0.3 is 0 Å². The monoisotopic (exact) mass is 477 g/mol. The second-order valence-electron chi connectivity index (χ2n) is 4.94. The number of rotatable bonds is 6. The first-order chi connectivity index (χ1) is 11.1. The average Bonchev–Trinajstić information content (AvgIpc) is 2.54. The van der Waals surface area contributed by atoms with Crippen molar-refractivity contribution < 1.29 is 4.74 Å². The van der Waals surface area contributed by atoms with Gasteiger partial charge in [-0.1, -0.05) is 36.7 Å². The number of benzene rings is 2. The van der Waals surface area contributed by atoms with Gasteiger partial charge in [0.2, 0.25) is 0 Å². The van der Waals surface area contributed by atoms with Crippen LogP contribution < -0.4 is 15.8 Å². The zero-order valence-electron chi connectivity index (χ0n) is 13.5. The van der Waals surface area contributed by atoms with E-state index in [0.29, 0.717) is 28.5 Å². The number of nitrogens with two attached hydrogens (primary N) is 1. The summed E-state index contributed by atoms with van der Waals surface area (Å²) in [7, 11) is 1.58. The van der Waals surface area contributed by atoms with Crippen LogP contribution >= 0.6 is 47.3 Å². The molecule has 3 N–H and O–H groups in total. The molecule has 0 saturated heterocycles. The maximum absolute atomic E-state index is 6.08. The van der Waals surface area contributed by atoms with Gasteiger partial charge in [-0.15, -0.1) is 35.7 Å². The van der Waals surface area contributed by atoms with Crippen LogP contribution in [-0.4, -0.2) is 24.9 Å².